The maximum atomic E-state index is 11.9. The summed E-state index contributed by atoms with van der Waals surface area (Å²) in [6.07, 6.45) is 3.41. The molecule has 1 fully saturated rings. The molecule has 0 aliphatic heterocycles. The zero-order chi connectivity index (χ0) is 6.41. The second-order valence-electron chi connectivity index (χ2n) is 1.88. The molecule has 0 atom stereocenters. The Bertz CT molecular complexity index is 37.7. The highest BCUT2D eigenvalue weighted by Crippen LogP contribution is 2.19. The molecule has 8 heavy (non-hydrogen) atoms. The van der Waals surface area contributed by atoms with Crippen LogP contribution in [0, 0.1) is 0 Å². The maximum Gasteiger partial charge on any atom is 0.100 e. The van der Waals surface area contributed by atoms with Crippen LogP contribution in [-0.4, -0.2) is 6.17 Å². The average molecular weight is 118 g/mol. The summed E-state index contributed by atoms with van der Waals surface area (Å²) in [5.41, 5.74) is 0. The van der Waals surface area contributed by atoms with E-state index in [1.165, 1.54) is 0 Å². The molecule has 0 nitrogen and oxygen atoms in total. The van der Waals surface area contributed by atoms with Gasteiger partial charge in [0, 0.05) is 0 Å². The summed E-state index contributed by atoms with van der Waals surface area (Å²) >= 11 is 0. The molecule has 1 aliphatic carbocycles. The summed E-state index contributed by atoms with van der Waals surface area (Å²) < 4.78 is 11.9. The molecular weight excluding hydrogens is 103 g/mol. The van der Waals surface area contributed by atoms with Gasteiger partial charge in [0.2, 0.25) is 0 Å². The average Bonchev–Trinajstić information content (AvgIpc) is 2.24. The fourth-order valence-corrected chi connectivity index (χ4v) is 0.876. The van der Waals surface area contributed by atoms with Gasteiger partial charge in [0.25, 0.3) is 0 Å². The standard InChI is InChI=1S/C5H9F.C2H6/c6-5-3-1-2-4-5;1-2/h5H,1-4H2;1-2H3. The number of halogens is 1. The lowest BCUT2D eigenvalue weighted by molar-refractivity contribution is 0.343. The van der Waals surface area contributed by atoms with Crippen LogP contribution < -0.4 is 0 Å². The fourth-order valence-electron chi connectivity index (χ4n) is 0.876. The number of rotatable bonds is 0. The van der Waals surface area contributed by atoms with Gasteiger partial charge in [-0.05, 0) is 12.8 Å². The summed E-state index contributed by atoms with van der Waals surface area (Å²) in [4.78, 5) is 0. The van der Waals surface area contributed by atoms with Gasteiger partial charge in [0.05, 0.1) is 0 Å². The van der Waals surface area contributed by atoms with Crippen LogP contribution in [0.25, 0.3) is 0 Å². The van der Waals surface area contributed by atoms with Crippen LogP contribution in [0.1, 0.15) is 39.5 Å². The van der Waals surface area contributed by atoms with E-state index in [0.717, 1.165) is 25.7 Å². The zero-order valence-corrected chi connectivity index (χ0v) is 5.78. The van der Waals surface area contributed by atoms with Crippen LogP contribution in [0.5, 0.6) is 0 Å². The van der Waals surface area contributed by atoms with Crippen LogP contribution in [0.2, 0.25) is 0 Å². The van der Waals surface area contributed by atoms with E-state index >= 15 is 0 Å². The molecule has 0 spiro atoms. The van der Waals surface area contributed by atoms with Crippen molar-refractivity contribution in [2.45, 2.75) is 45.7 Å². The van der Waals surface area contributed by atoms with Crippen molar-refractivity contribution >= 4 is 0 Å². The molecule has 0 aromatic carbocycles. The number of hydrogen-bond donors (Lipinski definition) is 0. The third kappa shape index (κ3) is 3.00. The van der Waals surface area contributed by atoms with Crippen molar-refractivity contribution in [3.05, 3.63) is 0 Å². The van der Waals surface area contributed by atoms with E-state index in [-0.39, 0.29) is 0 Å². The van der Waals surface area contributed by atoms with Gasteiger partial charge in [-0.2, -0.15) is 0 Å². The monoisotopic (exact) mass is 118 g/mol. The Morgan fingerprint density at radius 1 is 1.12 bits per heavy atom. The minimum atomic E-state index is -0.454. The van der Waals surface area contributed by atoms with Gasteiger partial charge in [-0.25, -0.2) is 4.39 Å². The molecule has 0 radical (unpaired) electrons. The van der Waals surface area contributed by atoms with E-state index in [4.69, 9.17) is 0 Å². The van der Waals surface area contributed by atoms with Gasteiger partial charge in [0.1, 0.15) is 6.17 Å². The first kappa shape index (κ1) is 7.93. The van der Waals surface area contributed by atoms with E-state index < -0.39 is 6.17 Å². The Labute approximate surface area is 51.1 Å². The second-order valence-corrected chi connectivity index (χ2v) is 1.88. The molecule has 0 aromatic heterocycles. The van der Waals surface area contributed by atoms with Gasteiger partial charge in [-0.3, -0.25) is 0 Å². The topological polar surface area (TPSA) is 0 Å². The van der Waals surface area contributed by atoms with Gasteiger partial charge in [-0.1, -0.05) is 26.7 Å². The predicted octanol–water partition coefficient (Wildman–Crippen LogP) is 2.92. The molecule has 0 heterocycles. The molecule has 1 saturated carbocycles. The molecule has 0 amide bonds. The normalized spacial score (nSPS) is 19.9. The highest BCUT2D eigenvalue weighted by atomic mass is 19.1. The third-order valence-electron chi connectivity index (χ3n) is 1.28. The first-order valence-electron chi connectivity index (χ1n) is 3.53. The number of alkyl halides is 1. The molecule has 0 saturated heterocycles. The Morgan fingerprint density at radius 3 is 1.62 bits per heavy atom. The first-order chi connectivity index (χ1) is 3.89. The summed E-state index contributed by atoms with van der Waals surface area (Å²) in [5, 5.41) is 0. The molecule has 1 rings (SSSR count). The predicted molar refractivity (Wildman–Crippen MR) is 34.7 cm³/mol. The second kappa shape index (κ2) is 5.07. The quantitative estimate of drug-likeness (QED) is 0.458. The van der Waals surface area contributed by atoms with E-state index in [1.54, 1.807) is 0 Å². The van der Waals surface area contributed by atoms with Crippen LogP contribution >= 0.6 is 0 Å². The van der Waals surface area contributed by atoms with Crippen LogP contribution in [0.15, 0.2) is 0 Å². The molecule has 1 aliphatic rings. The summed E-state index contributed by atoms with van der Waals surface area (Å²) in [6, 6.07) is 0. The van der Waals surface area contributed by atoms with Crippen molar-refractivity contribution in [3.8, 4) is 0 Å². The van der Waals surface area contributed by atoms with Gasteiger partial charge < -0.3 is 0 Å². The Hall–Kier alpha value is -0.0700. The highest BCUT2D eigenvalue weighted by Gasteiger charge is 2.11. The molecular formula is C7H15F. The summed E-state index contributed by atoms with van der Waals surface area (Å²) in [7, 11) is 0. The van der Waals surface area contributed by atoms with E-state index in [0.29, 0.717) is 0 Å². The lowest BCUT2D eigenvalue weighted by Gasteiger charge is -1.86. The lowest BCUT2D eigenvalue weighted by Crippen LogP contribution is -1.85. The lowest BCUT2D eigenvalue weighted by atomic mass is 10.3. The largest absolute Gasteiger partial charge is 0.247 e. The summed E-state index contributed by atoms with van der Waals surface area (Å²) in [6.45, 7) is 4.00. The minimum Gasteiger partial charge on any atom is -0.247 e. The number of hydrogen-bond acceptors (Lipinski definition) is 0. The zero-order valence-electron chi connectivity index (χ0n) is 5.78. The van der Waals surface area contributed by atoms with Crippen LogP contribution in [0.4, 0.5) is 4.39 Å². The van der Waals surface area contributed by atoms with Crippen molar-refractivity contribution in [1.82, 2.24) is 0 Å². The first-order valence-corrected chi connectivity index (χ1v) is 3.53. The van der Waals surface area contributed by atoms with Gasteiger partial charge in [0.15, 0.2) is 0 Å². The van der Waals surface area contributed by atoms with Crippen LogP contribution in [-0.2, 0) is 0 Å². The van der Waals surface area contributed by atoms with Crippen molar-refractivity contribution in [3.63, 3.8) is 0 Å². The maximum absolute atomic E-state index is 11.9. The highest BCUT2D eigenvalue weighted by molar-refractivity contribution is 4.63. The van der Waals surface area contributed by atoms with Gasteiger partial charge in [-0.15, -0.1) is 0 Å². The van der Waals surface area contributed by atoms with Crippen LogP contribution in [0.3, 0.4) is 0 Å². The van der Waals surface area contributed by atoms with E-state index in [1.807, 2.05) is 13.8 Å². The van der Waals surface area contributed by atoms with E-state index in [2.05, 4.69) is 0 Å². The Kier molecular flexibility index (Phi) is 5.03. The van der Waals surface area contributed by atoms with Crippen molar-refractivity contribution in [2.75, 3.05) is 0 Å². The molecule has 0 unspecified atom stereocenters. The molecule has 0 aromatic rings. The molecule has 50 valence electrons. The Morgan fingerprint density at radius 2 is 1.50 bits per heavy atom. The third-order valence-corrected chi connectivity index (χ3v) is 1.28. The minimum absolute atomic E-state index is 0.454. The smallest absolute Gasteiger partial charge is 0.100 e. The SMILES string of the molecule is CC.FC1CCCC1. The van der Waals surface area contributed by atoms with Gasteiger partial charge >= 0.3 is 0 Å². The Balaban J connectivity index is 0.000000222. The van der Waals surface area contributed by atoms with Crippen molar-refractivity contribution < 1.29 is 4.39 Å². The molecule has 1 heteroatoms. The fraction of sp³-hybridized carbons (Fsp3) is 1.00. The van der Waals surface area contributed by atoms with Crippen molar-refractivity contribution in [2.24, 2.45) is 0 Å². The van der Waals surface area contributed by atoms with Crippen molar-refractivity contribution in [1.29, 1.82) is 0 Å². The molecule has 0 bridgehead atoms. The summed E-state index contributed by atoms with van der Waals surface area (Å²) in [5.74, 6) is 0. The molecule has 0 N–H and O–H groups in total. The van der Waals surface area contributed by atoms with E-state index in [9.17, 15) is 4.39 Å².